The number of carbonyl (C=O) groups is 2. The molecule has 0 aliphatic heterocycles. The largest absolute Gasteiger partial charge is 1.00 e. The van der Waals surface area contributed by atoms with Crippen molar-refractivity contribution in [2.45, 2.75) is 206 Å². The summed E-state index contributed by atoms with van der Waals surface area (Å²) in [6.07, 6.45) is 39.2. The first-order chi connectivity index (χ1) is 22.7. The van der Waals surface area contributed by atoms with Crippen LogP contribution in [-0.4, -0.2) is 25.2 Å². The zero-order chi connectivity index (χ0) is 33.2. The maximum Gasteiger partial charge on any atom is 1.00 e. The van der Waals surface area contributed by atoms with Gasteiger partial charge in [0.15, 0.2) is 0 Å². The van der Waals surface area contributed by atoms with Crippen LogP contribution in [0.5, 0.6) is 0 Å². The summed E-state index contributed by atoms with van der Waals surface area (Å²) >= 11 is 0. The van der Waals surface area contributed by atoms with E-state index in [9.17, 15) is 9.59 Å². The van der Waals surface area contributed by atoms with Gasteiger partial charge in [-0.3, -0.25) is 0 Å². The van der Waals surface area contributed by atoms with Gasteiger partial charge >= 0.3 is 41.5 Å². The van der Waals surface area contributed by atoms with E-state index in [4.69, 9.17) is 9.47 Å². The van der Waals surface area contributed by atoms with Crippen molar-refractivity contribution in [3.63, 3.8) is 0 Å². The fourth-order valence-corrected chi connectivity index (χ4v) is 6.27. The molecule has 0 atom stereocenters. The van der Waals surface area contributed by atoms with Gasteiger partial charge in [-0.05, 0) is 25.0 Å². The SMILES string of the molecule is CCCCCCCCCCCCCCCCCCOC(=O)c1ccccc1C(=O)OCCCCCCCCCCCCCCCC.[H-].[Na+]. The molecule has 0 aliphatic rings. The number of hydrogen-bond donors (Lipinski definition) is 0. The predicted molar refractivity (Wildman–Crippen MR) is 198 cm³/mol. The topological polar surface area (TPSA) is 52.6 Å². The summed E-state index contributed by atoms with van der Waals surface area (Å²) in [6.45, 7) is 5.36. The molecule has 1 aromatic carbocycles. The third kappa shape index (κ3) is 28.7. The summed E-state index contributed by atoms with van der Waals surface area (Å²) in [4.78, 5) is 25.4. The first-order valence-electron chi connectivity index (χ1n) is 20.1. The Kier molecular flexibility index (Phi) is 35.8. The Morgan fingerprint density at radius 1 is 0.404 bits per heavy atom. The Morgan fingerprint density at radius 3 is 0.851 bits per heavy atom. The molecule has 0 fully saturated rings. The minimum Gasteiger partial charge on any atom is -1.00 e. The van der Waals surface area contributed by atoms with Gasteiger partial charge in [0, 0.05) is 0 Å². The minimum absolute atomic E-state index is 0. The van der Waals surface area contributed by atoms with Gasteiger partial charge in [0.25, 0.3) is 0 Å². The van der Waals surface area contributed by atoms with Crippen LogP contribution in [0.25, 0.3) is 0 Å². The number of esters is 2. The molecule has 4 nitrogen and oxygen atoms in total. The van der Waals surface area contributed by atoms with Gasteiger partial charge in [-0.25, -0.2) is 9.59 Å². The van der Waals surface area contributed by atoms with Crippen LogP contribution in [-0.2, 0) is 9.47 Å². The summed E-state index contributed by atoms with van der Waals surface area (Å²) in [6, 6.07) is 6.88. The monoisotopic (exact) mass is 667 g/mol. The van der Waals surface area contributed by atoms with Crippen molar-refractivity contribution in [2.24, 2.45) is 0 Å². The van der Waals surface area contributed by atoms with Crippen molar-refractivity contribution in [1.82, 2.24) is 0 Å². The van der Waals surface area contributed by atoms with Crippen LogP contribution in [0.2, 0.25) is 0 Å². The van der Waals surface area contributed by atoms with Crippen LogP contribution in [0.4, 0.5) is 0 Å². The molecule has 0 N–H and O–H groups in total. The standard InChI is InChI=1S/C42H74O4.Na.H/c1-3-5-7-9-11-13-15-17-19-20-22-24-26-28-30-34-38-46-42(44)40-36-32-31-35-39(40)41(43)45-37-33-29-27-25-23-21-18-16-14-12-10-8-6-4-2;;/h31-32,35-36H,3-30,33-34,37-38H2,1-2H3;;/q;+1;-1. The van der Waals surface area contributed by atoms with Gasteiger partial charge in [0.05, 0.1) is 24.3 Å². The van der Waals surface area contributed by atoms with Crippen molar-refractivity contribution >= 4 is 11.9 Å². The van der Waals surface area contributed by atoms with E-state index < -0.39 is 11.9 Å². The van der Waals surface area contributed by atoms with E-state index in [2.05, 4.69) is 13.8 Å². The molecule has 47 heavy (non-hydrogen) atoms. The van der Waals surface area contributed by atoms with Gasteiger partial charge in [-0.2, -0.15) is 0 Å². The van der Waals surface area contributed by atoms with E-state index in [0.717, 1.165) is 25.7 Å². The second-order valence-electron chi connectivity index (χ2n) is 13.7. The van der Waals surface area contributed by atoms with E-state index in [-0.39, 0.29) is 31.0 Å². The molecule has 0 heterocycles. The van der Waals surface area contributed by atoms with Crippen molar-refractivity contribution in [3.8, 4) is 0 Å². The smallest absolute Gasteiger partial charge is 1.00 e. The van der Waals surface area contributed by atoms with Gasteiger partial charge in [-0.1, -0.05) is 206 Å². The molecule has 0 saturated heterocycles. The first-order valence-corrected chi connectivity index (χ1v) is 20.1. The van der Waals surface area contributed by atoms with Crippen molar-refractivity contribution < 1.29 is 50.0 Å². The van der Waals surface area contributed by atoms with E-state index in [0.29, 0.717) is 24.3 Å². The zero-order valence-corrected chi connectivity index (χ0v) is 33.6. The van der Waals surface area contributed by atoms with Crippen LogP contribution >= 0.6 is 0 Å². The second-order valence-corrected chi connectivity index (χ2v) is 13.7. The summed E-state index contributed by atoms with van der Waals surface area (Å²) in [5.41, 5.74) is 0.620. The predicted octanol–water partition coefficient (Wildman–Crippen LogP) is 10.9. The second kappa shape index (κ2) is 36.4. The van der Waals surface area contributed by atoms with E-state index in [1.54, 1.807) is 24.3 Å². The van der Waals surface area contributed by atoms with Gasteiger partial charge < -0.3 is 10.9 Å². The Morgan fingerprint density at radius 2 is 0.617 bits per heavy atom. The first kappa shape index (κ1) is 46.2. The maximum absolute atomic E-state index is 12.7. The average Bonchev–Trinajstić information content (AvgIpc) is 3.07. The molecule has 0 unspecified atom stereocenters. The van der Waals surface area contributed by atoms with Crippen LogP contribution in [0, 0.1) is 0 Å². The quantitative estimate of drug-likeness (QED) is 0.0417. The molecule has 0 aromatic heterocycles. The number of hydrogen-bond acceptors (Lipinski definition) is 4. The molecule has 1 rings (SSSR count). The van der Waals surface area contributed by atoms with Crippen LogP contribution < -0.4 is 29.6 Å². The normalized spacial score (nSPS) is 10.9. The fraction of sp³-hybridized carbons (Fsp3) is 0.810. The molecule has 5 heteroatoms. The number of ether oxygens (including phenoxy) is 2. The summed E-state index contributed by atoms with van der Waals surface area (Å²) in [7, 11) is 0. The number of unbranched alkanes of at least 4 members (excludes halogenated alkanes) is 28. The summed E-state index contributed by atoms with van der Waals surface area (Å²) in [5, 5.41) is 0. The molecule has 268 valence electrons. The van der Waals surface area contributed by atoms with Crippen LogP contribution in [0.3, 0.4) is 0 Å². The van der Waals surface area contributed by atoms with E-state index in [1.165, 1.54) is 167 Å². The average molecular weight is 667 g/mol. The fourth-order valence-electron chi connectivity index (χ4n) is 6.27. The molecule has 0 spiro atoms. The zero-order valence-electron chi connectivity index (χ0n) is 32.6. The van der Waals surface area contributed by atoms with Crippen molar-refractivity contribution in [2.75, 3.05) is 13.2 Å². The Bertz CT molecular complexity index is 834. The van der Waals surface area contributed by atoms with Crippen LogP contribution in [0.15, 0.2) is 24.3 Å². The number of carbonyl (C=O) groups excluding carboxylic acids is 2. The van der Waals surface area contributed by atoms with E-state index >= 15 is 0 Å². The molecular formula is C42H75NaO4. The van der Waals surface area contributed by atoms with Crippen molar-refractivity contribution in [1.29, 1.82) is 0 Å². The summed E-state index contributed by atoms with van der Waals surface area (Å²) < 4.78 is 11.0. The molecule has 0 radical (unpaired) electrons. The van der Waals surface area contributed by atoms with Gasteiger partial charge in [0.2, 0.25) is 0 Å². The van der Waals surface area contributed by atoms with Crippen molar-refractivity contribution in [3.05, 3.63) is 35.4 Å². The third-order valence-corrected chi connectivity index (χ3v) is 9.33. The Balaban J connectivity index is 0. The molecule has 0 bridgehead atoms. The van der Waals surface area contributed by atoms with Gasteiger partial charge in [-0.15, -0.1) is 0 Å². The third-order valence-electron chi connectivity index (χ3n) is 9.33. The molecule has 0 amide bonds. The molecule has 1 aromatic rings. The number of rotatable bonds is 34. The molecule has 0 aliphatic carbocycles. The van der Waals surface area contributed by atoms with Gasteiger partial charge in [0.1, 0.15) is 0 Å². The minimum atomic E-state index is -0.426. The molecule has 0 saturated carbocycles. The number of benzene rings is 1. The Labute approximate surface area is 315 Å². The molecular weight excluding hydrogens is 591 g/mol. The van der Waals surface area contributed by atoms with E-state index in [1.807, 2.05) is 0 Å². The van der Waals surface area contributed by atoms with Crippen LogP contribution in [0.1, 0.15) is 229 Å². The Hall–Kier alpha value is -0.840. The maximum atomic E-state index is 12.7. The summed E-state index contributed by atoms with van der Waals surface area (Å²) in [5.74, 6) is -0.852.